The minimum atomic E-state index is -0.862. The lowest BCUT2D eigenvalue weighted by molar-refractivity contribution is -0.136. The molecule has 0 aliphatic heterocycles. The van der Waals surface area contributed by atoms with Gasteiger partial charge in [0, 0.05) is 9.81 Å². The minimum absolute atomic E-state index is 0.510. The molecule has 0 aliphatic carbocycles. The van der Waals surface area contributed by atoms with Crippen LogP contribution < -0.4 is 0 Å². The van der Waals surface area contributed by atoms with Crippen LogP contribution in [0.5, 0.6) is 0 Å². The van der Waals surface area contributed by atoms with E-state index in [4.69, 9.17) is 10.6 Å². The van der Waals surface area contributed by atoms with Crippen molar-refractivity contribution in [2.45, 2.75) is 17.1 Å². The standard InChI is InChI=1S/C9H9N3O2S2/c1-6(9(13)14)15-16-8-5-3-2-4-7(8)11-12-10/h2-6H,1H3,(H,13,14). The number of hydrogen-bond donors (Lipinski definition) is 1. The zero-order valence-electron chi connectivity index (χ0n) is 8.40. The molecule has 84 valence electrons. The predicted molar refractivity (Wildman–Crippen MR) is 65.8 cm³/mol. The van der Waals surface area contributed by atoms with Crippen LogP contribution in [0, 0.1) is 0 Å². The fourth-order valence-electron chi connectivity index (χ4n) is 0.824. The Balaban J connectivity index is 2.73. The monoisotopic (exact) mass is 255 g/mol. The average molecular weight is 255 g/mol. The molecule has 1 aromatic rings. The van der Waals surface area contributed by atoms with Crippen LogP contribution in [0.2, 0.25) is 0 Å². The van der Waals surface area contributed by atoms with Gasteiger partial charge in [0.1, 0.15) is 5.25 Å². The molecule has 0 spiro atoms. The molecular weight excluding hydrogens is 246 g/mol. The largest absolute Gasteiger partial charge is 0.480 e. The van der Waals surface area contributed by atoms with Crippen LogP contribution >= 0.6 is 21.6 Å². The Morgan fingerprint density at radius 3 is 2.88 bits per heavy atom. The number of benzene rings is 1. The summed E-state index contributed by atoms with van der Waals surface area (Å²) in [5.74, 6) is -0.862. The van der Waals surface area contributed by atoms with Gasteiger partial charge in [-0.05, 0) is 18.5 Å². The Labute approximate surface area is 100 Å². The highest BCUT2D eigenvalue weighted by Crippen LogP contribution is 2.39. The zero-order chi connectivity index (χ0) is 12.0. The quantitative estimate of drug-likeness (QED) is 0.375. The Morgan fingerprint density at radius 1 is 1.56 bits per heavy atom. The van der Waals surface area contributed by atoms with Gasteiger partial charge in [0.25, 0.3) is 0 Å². The molecule has 0 heterocycles. The number of carbonyl (C=O) groups is 1. The summed E-state index contributed by atoms with van der Waals surface area (Å²) in [5, 5.41) is 11.7. The third-order valence-corrected chi connectivity index (χ3v) is 4.45. The van der Waals surface area contributed by atoms with Gasteiger partial charge in [-0.3, -0.25) is 4.79 Å². The first-order chi connectivity index (χ1) is 7.65. The molecule has 7 heteroatoms. The molecular formula is C9H9N3O2S2. The van der Waals surface area contributed by atoms with Crippen LogP contribution in [-0.4, -0.2) is 16.3 Å². The first-order valence-electron chi connectivity index (χ1n) is 4.35. The van der Waals surface area contributed by atoms with Crippen molar-refractivity contribution in [1.82, 2.24) is 0 Å². The SMILES string of the molecule is CC(SSc1ccccc1N=[N+]=[N-])C(=O)O. The van der Waals surface area contributed by atoms with Crippen LogP contribution in [0.3, 0.4) is 0 Å². The van der Waals surface area contributed by atoms with E-state index in [1.807, 2.05) is 6.07 Å². The van der Waals surface area contributed by atoms with Gasteiger partial charge in [0.2, 0.25) is 0 Å². The van der Waals surface area contributed by atoms with Crippen molar-refractivity contribution in [2.24, 2.45) is 5.11 Å². The highest BCUT2D eigenvalue weighted by Gasteiger charge is 2.12. The van der Waals surface area contributed by atoms with Crippen LogP contribution in [0.15, 0.2) is 34.3 Å². The summed E-state index contributed by atoms with van der Waals surface area (Å²) >= 11 is 0. The average Bonchev–Trinajstić information content (AvgIpc) is 2.27. The summed E-state index contributed by atoms with van der Waals surface area (Å²) < 4.78 is 0. The van der Waals surface area contributed by atoms with Crippen molar-refractivity contribution in [3.63, 3.8) is 0 Å². The molecule has 0 aliphatic rings. The lowest BCUT2D eigenvalue weighted by atomic mass is 10.3. The van der Waals surface area contributed by atoms with Crippen molar-refractivity contribution < 1.29 is 9.90 Å². The predicted octanol–water partition coefficient (Wildman–Crippen LogP) is 3.84. The number of aliphatic carboxylic acids is 1. The molecule has 1 rings (SSSR count). The molecule has 1 aromatic carbocycles. The second-order valence-electron chi connectivity index (χ2n) is 2.82. The van der Waals surface area contributed by atoms with E-state index in [1.54, 1.807) is 25.1 Å². The van der Waals surface area contributed by atoms with Gasteiger partial charge in [-0.2, -0.15) is 0 Å². The molecule has 0 aromatic heterocycles. The van der Waals surface area contributed by atoms with Gasteiger partial charge in [0.15, 0.2) is 0 Å². The van der Waals surface area contributed by atoms with Crippen molar-refractivity contribution in [2.75, 3.05) is 0 Å². The van der Waals surface area contributed by atoms with Crippen molar-refractivity contribution in [1.29, 1.82) is 0 Å². The molecule has 0 saturated heterocycles. The molecule has 0 radical (unpaired) electrons. The van der Waals surface area contributed by atoms with Crippen LogP contribution in [-0.2, 0) is 4.79 Å². The summed E-state index contributed by atoms with van der Waals surface area (Å²) in [7, 11) is 2.51. The zero-order valence-corrected chi connectivity index (χ0v) is 10.0. The van der Waals surface area contributed by atoms with Gasteiger partial charge < -0.3 is 5.11 Å². The van der Waals surface area contributed by atoms with Gasteiger partial charge in [-0.15, -0.1) is 0 Å². The van der Waals surface area contributed by atoms with Gasteiger partial charge in [-0.25, -0.2) is 0 Å². The molecule has 16 heavy (non-hydrogen) atoms. The number of azide groups is 1. The van der Waals surface area contributed by atoms with E-state index in [-0.39, 0.29) is 0 Å². The van der Waals surface area contributed by atoms with E-state index in [2.05, 4.69) is 10.0 Å². The smallest absolute Gasteiger partial charge is 0.317 e. The normalized spacial score (nSPS) is 11.6. The first kappa shape index (κ1) is 12.8. The molecule has 1 N–H and O–H groups in total. The second-order valence-corrected chi connectivity index (χ2v) is 5.40. The number of rotatable bonds is 5. The lowest BCUT2D eigenvalue weighted by Crippen LogP contribution is -2.09. The molecule has 1 atom stereocenters. The van der Waals surface area contributed by atoms with E-state index in [0.29, 0.717) is 5.69 Å². The Kier molecular flexibility index (Phi) is 5.04. The van der Waals surface area contributed by atoms with E-state index in [0.717, 1.165) is 4.90 Å². The summed E-state index contributed by atoms with van der Waals surface area (Å²) in [6.07, 6.45) is 0. The summed E-state index contributed by atoms with van der Waals surface area (Å²) in [5.41, 5.74) is 8.87. The minimum Gasteiger partial charge on any atom is -0.480 e. The molecule has 0 amide bonds. The Hall–Kier alpha value is -1.30. The van der Waals surface area contributed by atoms with Crippen LogP contribution in [0.4, 0.5) is 5.69 Å². The number of hydrogen-bond acceptors (Lipinski definition) is 4. The third-order valence-electron chi connectivity index (χ3n) is 1.65. The maximum atomic E-state index is 10.6. The van der Waals surface area contributed by atoms with Gasteiger partial charge in [0.05, 0.1) is 5.69 Å². The number of carboxylic acids is 1. The molecule has 1 unspecified atom stereocenters. The highest BCUT2D eigenvalue weighted by atomic mass is 33.1. The second kappa shape index (κ2) is 6.32. The van der Waals surface area contributed by atoms with Crippen molar-refractivity contribution in [3.05, 3.63) is 34.7 Å². The first-order valence-corrected chi connectivity index (χ1v) is 6.56. The van der Waals surface area contributed by atoms with E-state index >= 15 is 0 Å². The molecule has 5 nitrogen and oxygen atoms in total. The summed E-state index contributed by atoms with van der Waals surface area (Å²) in [6, 6.07) is 7.05. The topological polar surface area (TPSA) is 86.1 Å². The van der Waals surface area contributed by atoms with Crippen LogP contribution in [0.1, 0.15) is 6.92 Å². The van der Waals surface area contributed by atoms with E-state index in [9.17, 15) is 4.79 Å². The van der Waals surface area contributed by atoms with E-state index < -0.39 is 11.2 Å². The van der Waals surface area contributed by atoms with Crippen molar-refractivity contribution in [3.8, 4) is 0 Å². The van der Waals surface area contributed by atoms with Gasteiger partial charge >= 0.3 is 5.97 Å². The fourth-order valence-corrected chi connectivity index (χ4v) is 2.90. The van der Waals surface area contributed by atoms with Crippen LogP contribution in [0.25, 0.3) is 10.4 Å². The molecule has 0 saturated carbocycles. The molecule has 0 bridgehead atoms. The molecule has 0 fully saturated rings. The summed E-state index contributed by atoms with van der Waals surface area (Å²) in [6.45, 7) is 1.61. The number of carboxylic acid groups (broad SMARTS) is 1. The maximum absolute atomic E-state index is 10.6. The van der Waals surface area contributed by atoms with Crippen molar-refractivity contribution >= 4 is 33.2 Å². The fraction of sp³-hybridized carbons (Fsp3) is 0.222. The lowest BCUT2D eigenvalue weighted by Gasteiger charge is -2.06. The van der Waals surface area contributed by atoms with Gasteiger partial charge in [-0.1, -0.05) is 44.9 Å². The maximum Gasteiger partial charge on any atom is 0.317 e. The highest BCUT2D eigenvalue weighted by molar-refractivity contribution is 8.77. The Morgan fingerprint density at radius 2 is 2.25 bits per heavy atom. The third kappa shape index (κ3) is 3.69. The Bertz CT molecular complexity index is 433. The summed E-state index contributed by atoms with van der Waals surface area (Å²) in [4.78, 5) is 14.1. The van der Waals surface area contributed by atoms with E-state index in [1.165, 1.54) is 21.6 Å². The number of nitrogens with zero attached hydrogens (tertiary/aromatic N) is 3.